The van der Waals surface area contributed by atoms with Crippen molar-refractivity contribution in [3.63, 3.8) is 0 Å². The zero-order chi connectivity index (χ0) is 18.0. The number of nitrogens with one attached hydrogen (secondary N) is 1. The number of nitro groups is 1. The predicted molar refractivity (Wildman–Crippen MR) is 91.5 cm³/mol. The Balaban J connectivity index is 2.02. The van der Waals surface area contributed by atoms with E-state index >= 15 is 0 Å². The molecule has 0 spiro atoms. The number of hydrogen-bond acceptors (Lipinski definition) is 5. The molecule has 3 rings (SSSR count). The highest BCUT2D eigenvalue weighted by molar-refractivity contribution is 6.13. The third-order valence-electron chi connectivity index (χ3n) is 3.94. The third-order valence-corrected chi connectivity index (χ3v) is 3.94. The number of nitro benzene ring substituents is 1. The van der Waals surface area contributed by atoms with Crippen LogP contribution < -0.4 is 10.1 Å². The third kappa shape index (κ3) is 3.35. The Labute approximate surface area is 143 Å². The van der Waals surface area contributed by atoms with E-state index in [0.717, 1.165) is 6.07 Å². The summed E-state index contributed by atoms with van der Waals surface area (Å²) in [7, 11) is 1.60. The number of carbonyl (C=O) groups excluding carboxylic acids is 1. The molecule has 0 amide bonds. The van der Waals surface area contributed by atoms with Crippen molar-refractivity contribution in [3.8, 4) is 5.75 Å². The minimum absolute atomic E-state index is 0.0828. The molecule has 0 fully saturated rings. The molecule has 1 aliphatic rings. The molecule has 0 radical (unpaired) electrons. The van der Waals surface area contributed by atoms with Crippen LogP contribution in [0.25, 0.3) is 6.08 Å². The van der Waals surface area contributed by atoms with Crippen LogP contribution in [0.3, 0.4) is 0 Å². The molecular formula is C18H15FN2O4. The number of ether oxygens (including phenoxy) is 1. The molecule has 0 aromatic heterocycles. The van der Waals surface area contributed by atoms with Crippen molar-refractivity contribution in [2.24, 2.45) is 0 Å². The van der Waals surface area contributed by atoms with Crippen molar-refractivity contribution in [1.82, 2.24) is 0 Å². The van der Waals surface area contributed by atoms with Crippen molar-refractivity contribution in [2.45, 2.75) is 6.42 Å². The Morgan fingerprint density at radius 2 is 2.08 bits per heavy atom. The van der Waals surface area contributed by atoms with Crippen molar-refractivity contribution in [1.29, 1.82) is 0 Å². The summed E-state index contributed by atoms with van der Waals surface area (Å²) in [4.78, 5) is 23.3. The maximum atomic E-state index is 13.5. The fourth-order valence-corrected chi connectivity index (χ4v) is 2.70. The number of anilines is 1. The number of carbonyl (C=O) groups is 1. The van der Waals surface area contributed by atoms with Crippen LogP contribution in [0.1, 0.15) is 22.3 Å². The molecule has 6 nitrogen and oxygen atoms in total. The maximum absolute atomic E-state index is 13.5. The molecule has 2 aromatic carbocycles. The molecule has 1 heterocycles. The Hall–Kier alpha value is -3.22. The second-order valence-corrected chi connectivity index (χ2v) is 5.52. The summed E-state index contributed by atoms with van der Waals surface area (Å²) in [6, 6.07) is 8.46. The standard InChI is InChI=1S/C18H15FN2O4/c1-20-15-4-2-11(9-16(15)21(23)24)8-12-6-7-25-17-5-3-13(19)10-14(17)18(12)22/h2-5,8-10,20H,6-7H2,1H3. The lowest BCUT2D eigenvalue weighted by molar-refractivity contribution is -0.383. The first-order valence-electron chi connectivity index (χ1n) is 7.63. The molecule has 2 aromatic rings. The van der Waals surface area contributed by atoms with Crippen LogP contribution in [-0.2, 0) is 0 Å². The van der Waals surface area contributed by atoms with Gasteiger partial charge in [0.05, 0.1) is 17.1 Å². The average Bonchev–Trinajstić information content (AvgIpc) is 2.74. The van der Waals surface area contributed by atoms with E-state index in [2.05, 4.69) is 5.32 Å². The van der Waals surface area contributed by atoms with Crippen LogP contribution in [0.15, 0.2) is 42.0 Å². The van der Waals surface area contributed by atoms with Crippen molar-refractivity contribution >= 4 is 23.2 Å². The van der Waals surface area contributed by atoms with Gasteiger partial charge in [-0.15, -0.1) is 0 Å². The minimum Gasteiger partial charge on any atom is -0.492 e. The van der Waals surface area contributed by atoms with E-state index in [1.54, 1.807) is 25.3 Å². The van der Waals surface area contributed by atoms with Gasteiger partial charge in [-0.1, -0.05) is 6.07 Å². The summed E-state index contributed by atoms with van der Waals surface area (Å²) in [6.07, 6.45) is 1.91. The molecule has 7 heteroatoms. The van der Waals surface area contributed by atoms with Gasteiger partial charge in [-0.3, -0.25) is 14.9 Å². The second kappa shape index (κ2) is 6.72. The van der Waals surface area contributed by atoms with E-state index in [1.807, 2.05) is 0 Å². The molecule has 25 heavy (non-hydrogen) atoms. The highest BCUT2D eigenvalue weighted by Gasteiger charge is 2.22. The maximum Gasteiger partial charge on any atom is 0.292 e. The summed E-state index contributed by atoms with van der Waals surface area (Å²) >= 11 is 0. The van der Waals surface area contributed by atoms with Gasteiger partial charge in [-0.05, 0) is 35.9 Å². The second-order valence-electron chi connectivity index (χ2n) is 5.52. The zero-order valence-electron chi connectivity index (χ0n) is 13.4. The molecule has 0 bridgehead atoms. The van der Waals surface area contributed by atoms with Gasteiger partial charge in [-0.25, -0.2) is 4.39 Å². The smallest absolute Gasteiger partial charge is 0.292 e. The van der Waals surface area contributed by atoms with Crippen LogP contribution in [0.4, 0.5) is 15.8 Å². The average molecular weight is 342 g/mol. The predicted octanol–water partition coefficient (Wildman–Crippen LogP) is 3.82. The summed E-state index contributed by atoms with van der Waals surface area (Å²) in [5.41, 5.74) is 1.39. The highest BCUT2D eigenvalue weighted by atomic mass is 19.1. The van der Waals surface area contributed by atoms with E-state index in [1.165, 1.54) is 18.2 Å². The SMILES string of the molecule is CNc1ccc(C=C2CCOc3ccc(F)cc3C2=O)cc1[N+](=O)[O-]. The number of halogens is 1. The summed E-state index contributed by atoms with van der Waals surface area (Å²) < 4.78 is 19.0. The summed E-state index contributed by atoms with van der Waals surface area (Å²) in [6.45, 7) is 0.271. The topological polar surface area (TPSA) is 81.5 Å². The van der Waals surface area contributed by atoms with E-state index in [-0.39, 0.29) is 23.6 Å². The Morgan fingerprint density at radius 3 is 2.80 bits per heavy atom. The number of nitrogens with zero attached hydrogens (tertiary/aromatic N) is 1. The van der Waals surface area contributed by atoms with Gasteiger partial charge in [0.25, 0.3) is 5.69 Å². The first kappa shape index (κ1) is 16.6. The van der Waals surface area contributed by atoms with Gasteiger partial charge in [0, 0.05) is 25.1 Å². The lowest BCUT2D eigenvalue weighted by Gasteiger charge is -2.06. The molecule has 0 saturated carbocycles. The van der Waals surface area contributed by atoms with Gasteiger partial charge >= 0.3 is 0 Å². The molecule has 128 valence electrons. The van der Waals surface area contributed by atoms with E-state index in [0.29, 0.717) is 29.0 Å². The number of hydrogen-bond donors (Lipinski definition) is 1. The first-order valence-corrected chi connectivity index (χ1v) is 7.63. The lowest BCUT2D eigenvalue weighted by atomic mass is 9.98. The van der Waals surface area contributed by atoms with Crippen molar-refractivity contribution in [3.05, 3.63) is 69.0 Å². The van der Waals surface area contributed by atoms with Gasteiger partial charge in [-0.2, -0.15) is 0 Å². The Morgan fingerprint density at radius 1 is 1.28 bits per heavy atom. The quantitative estimate of drug-likeness (QED) is 0.521. The molecule has 0 saturated heterocycles. The minimum atomic E-state index is -0.522. The van der Waals surface area contributed by atoms with Crippen LogP contribution >= 0.6 is 0 Å². The van der Waals surface area contributed by atoms with Gasteiger partial charge < -0.3 is 10.1 Å². The first-order chi connectivity index (χ1) is 12.0. The van der Waals surface area contributed by atoms with Crippen molar-refractivity contribution < 1.29 is 18.8 Å². The number of fused-ring (bicyclic) bond motifs is 1. The largest absolute Gasteiger partial charge is 0.492 e. The fraction of sp³-hybridized carbons (Fsp3) is 0.167. The van der Waals surface area contributed by atoms with E-state index < -0.39 is 10.7 Å². The zero-order valence-corrected chi connectivity index (χ0v) is 13.4. The Bertz CT molecular complexity index is 893. The summed E-state index contributed by atoms with van der Waals surface area (Å²) in [5, 5.41) is 13.9. The van der Waals surface area contributed by atoms with Gasteiger partial charge in [0.2, 0.25) is 0 Å². The van der Waals surface area contributed by atoms with Crippen LogP contribution in [0.5, 0.6) is 5.75 Å². The highest BCUT2D eigenvalue weighted by Crippen LogP contribution is 2.30. The molecule has 0 unspecified atom stereocenters. The Kier molecular flexibility index (Phi) is 4.47. The number of benzene rings is 2. The molecule has 1 aliphatic heterocycles. The number of Topliss-reactive ketones (excluding diaryl/α,β-unsaturated/α-hetero) is 1. The van der Waals surface area contributed by atoms with E-state index in [9.17, 15) is 19.3 Å². The van der Waals surface area contributed by atoms with Crippen molar-refractivity contribution in [2.75, 3.05) is 19.0 Å². The molecule has 0 atom stereocenters. The molecular weight excluding hydrogens is 327 g/mol. The monoisotopic (exact) mass is 342 g/mol. The molecule has 0 aliphatic carbocycles. The van der Waals surface area contributed by atoms with Gasteiger partial charge in [0.1, 0.15) is 17.3 Å². The lowest BCUT2D eigenvalue weighted by Crippen LogP contribution is -2.03. The van der Waals surface area contributed by atoms with Crippen LogP contribution in [-0.4, -0.2) is 24.4 Å². The fourth-order valence-electron chi connectivity index (χ4n) is 2.70. The van der Waals surface area contributed by atoms with Gasteiger partial charge in [0.15, 0.2) is 5.78 Å². The normalized spacial score (nSPS) is 15.3. The number of ketones is 1. The number of rotatable bonds is 3. The van der Waals surface area contributed by atoms with E-state index in [4.69, 9.17) is 4.74 Å². The van der Waals surface area contributed by atoms with Crippen LogP contribution in [0, 0.1) is 15.9 Å². The summed E-state index contributed by atoms with van der Waals surface area (Å²) in [5.74, 6) is -0.524. The molecule has 1 N–H and O–H groups in total. The van der Waals surface area contributed by atoms with Crippen LogP contribution in [0.2, 0.25) is 0 Å².